The molecule has 1 amide bonds. The molecule has 3 N–H and O–H groups in total. The number of primary amides is 1. The van der Waals surface area contributed by atoms with Gasteiger partial charge in [-0.05, 0) is 52.7 Å². The number of nitrogens with one attached hydrogen (secondary N) is 1. The van der Waals surface area contributed by atoms with Crippen LogP contribution in [0.3, 0.4) is 0 Å². The molecule has 0 aromatic heterocycles. The van der Waals surface area contributed by atoms with E-state index in [9.17, 15) is 4.79 Å². The smallest absolute Gasteiger partial charge is 0.237 e. The summed E-state index contributed by atoms with van der Waals surface area (Å²) in [5.74, 6) is -0.256. The van der Waals surface area contributed by atoms with Gasteiger partial charge in [-0.3, -0.25) is 4.79 Å². The Labute approximate surface area is 123 Å². The van der Waals surface area contributed by atoms with E-state index >= 15 is 0 Å². The molecular formula is C15H32N4O. The van der Waals surface area contributed by atoms with E-state index in [-0.39, 0.29) is 5.91 Å². The minimum Gasteiger partial charge on any atom is -0.368 e. The first kappa shape index (κ1) is 17.4. The van der Waals surface area contributed by atoms with Crippen LogP contribution in [0.15, 0.2) is 0 Å². The third-order valence-corrected chi connectivity index (χ3v) is 4.50. The summed E-state index contributed by atoms with van der Waals surface area (Å²) in [7, 11) is 1.80. The first-order valence-corrected chi connectivity index (χ1v) is 7.95. The Kier molecular flexibility index (Phi) is 7.48. The van der Waals surface area contributed by atoms with E-state index < -0.39 is 5.54 Å². The molecule has 0 spiro atoms. The molecule has 0 aromatic carbocycles. The first-order valence-electron chi connectivity index (χ1n) is 7.95. The number of amides is 1. The minimum absolute atomic E-state index is 0.256. The van der Waals surface area contributed by atoms with Gasteiger partial charge in [0, 0.05) is 26.2 Å². The number of hydrogen-bond acceptors (Lipinski definition) is 4. The Morgan fingerprint density at radius 2 is 1.70 bits per heavy atom. The highest BCUT2D eigenvalue weighted by atomic mass is 16.1. The van der Waals surface area contributed by atoms with Crippen molar-refractivity contribution in [1.29, 1.82) is 0 Å². The molecule has 0 saturated carbocycles. The largest absolute Gasteiger partial charge is 0.368 e. The number of carbonyl (C=O) groups is 1. The van der Waals surface area contributed by atoms with Gasteiger partial charge >= 0.3 is 0 Å². The van der Waals surface area contributed by atoms with Crippen LogP contribution in [0.4, 0.5) is 0 Å². The predicted molar refractivity (Wildman–Crippen MR) is 83.7 cm³/mol. The molecule has 1 aliphatic rings. The lowest BCUT2D eigenvalue weighted by atomic mass is 9.94. The van der Waals surface area contributed by atoms with Crippen molar-refractivity contribution in [3.63, 3.8) is 0 Å². The van der Waals surface area contributed by atoms with Crippen molar-refractivity contribution in [3.05, 3.63) is 0 Å². The zero-order valence-corrected chi connectivity index (χ0v) is 13.5. The number of likely N-dealkylation sites (N-methyl/N-ethyl adjacent to an activating group) is 1. The van der Waals surface area contributed by atoms with E-state index in [1.807, 2.05) is 6.92 Å². The average Bonchev–Trinajstić information content (AvgIpc) is 2.45. The molecule has 1 unspecified atom stereocenters. The lowest BCUT2D eigenvalue weighted by Crippen LogP contribution is -2.51. The second-order valence-electron chi connectivity index (χ2n) is 6.09. The van der Waals surface area contributed by atoms with Crippen LogP contribution >= 0.6 is 0 Å². The van der Waals surface area contributed by atoms with Crippen LogP contribution < -0.4 is 11.1 Å². The molecule has 1 saturated heterocycles. The monoisotopic (exact) mass is 284 g/mol. The molecule has 5 heteroatoms. The normalized spacial score (nSPS) is 20.8. The SMILES string of the molecule is CCCN1CCN(CCCCC(C)(NC)C(N)=O)CC1. The number of nitrogens with zero attached hydrogens (tertiary/aromatic N) is 2. The molecule has 1 aliphatic heterocycles. The van der Waals surface area contributed by atoms with Crippen molar-refractivity contribution >= 4 is 5.91 Å². The van der Waals surface area contributed by atoms with Gasteiger partial charge in [0.05, 0.1) is 5.54 Å². The Bertz CT molecular complexity index is 290. The summed E-state index contributed by atoms with van der Waals surface area (Å²) in [5.41, 5.74) is 4.88. The first-order chi connectivity index (χ1) is 9.51. The van der Waals surface area contributed by atoms with E-state index in [1.165, 1.54) is 39.1 Å². The molecule has 0 aromatic rings. The summed E-state index contributed by atoms with van der Waals surface area (Å²) in [6.07, 6.45) is 4.23. The quantitative estimate of drug-likeness (QED) is 0.610. The topological polar surface area (TPSA) is 61.6 Å². The minimum atomic E-state index is -0.556. The average molecular weight is 284 g/mol. The number of rotatable bonds is 9. The Morgan fingerprint density at radius 1 is 1.15 bits per heavy atom. The van der Waals surface area contributed by atoms with Crippen molar-refractivity contribution in [2.24, 2.45) is 5.73 Å². The molecule has 1 atom stereocenters. The van der Waals surface area contributed by atoms with Gasteiger partial charge in [0.2, 0.25) is 5.91 Å². The second-order valence-corrected chi connectivity index (χ2v) is 6.09. The molecule has 1 heterocycles. The summed E-state index contributed by atoms with van der Waals surface area (Å²) in [6.45, 7) is 11.2. The molecule has 0 bridgehead atoms. The molecule has 1 fully saturated rings. The number of carbonyl (C=O) groups excluding carboxylic acids is 1. The lowest BCUT2D eigenvalue weighted by molar-refractivity contribution is -0.123. The molecule has 0 radical (unpaired) electrons. The van der Waals surface area contributed by atoms with Gasteiger partial charge in [-0.2, -0.15) is 0 Å². The standard InChI is InChI=1S/C15H32N4O/c1-4-8-18-10-12-19(13-11-18)9-6-5-7-15(2,17-3)14(16)20/h17H,4-13H2,1-3H3,(H2,16,20). The van der Waals surface area contributed by atoms with Crippen LogP contribution in [0.25, 0.3) is 0 Å². The Balaban J connectivity index is 2.15. The van der Waals surface area contributed by atoms with Crippen molar-refractivity contribution in [1.82, 2.24) is 15.1 Å². The van der Waals surface area contributed by atoms with Crippen LogP contribution in [-0.4, -0.2) is 67.6 Å². The van der Waals surface area contributed by atoms with Gasteiger partial charge < -0.3 is 20.9 Å². The number of piperazine rings is 1. The Morgan fingerprint density at radius 3 is 2.15 bits per heavy atom. The molecule has 5 nitrogen and oxygen atoms in total. The fourth-order valence-electron chi connectivity index (χ4n) is 2.74. The molecule has 0 aliphatic carbocycles. The van der Waals surface area contributed by atoms with Gasteiger partial charge in [-0.15, -0.1) is 0 Å². The van der Waals surface area contributed by atoms with Gasteiger partial charge in [0.15, 0.2) is 0 Å². The summed E-state index contributed by atoms with van der Waals surface area (Å²) in [4.78, 5) is 16.5. The predicted octanol–water partition coefficient (Wildman–Crippen LogP) is 0.648. The second kappa shape index (κ2) is 8.60. The number of nitrogens with two attached hydrogens (primary N) is 1. The molecule has 1 rings (SSSR count). The highest BCUT2D eigenvalue weighted by Gasteiger charge is 2.28. The third kappa shape index (κ3) is 5.38. The van der Waals surface area contributed by atoms with Crippen molar-refractivity contribution < 1.29 is 4.79 Å². The van der Waals surface area contributed by atoms with Crippen LogP contribution in [0.1, 0.15) is 39.5 Å². The zero-order chi connectivity index (χ0) is 15.0. The maximum atomic E-state index is 11.4. The Hall–Kier alpha value is -0.650. The molecule has 20 heavy (non-hydrogen) atoms. The third-order valence-electron chi connectivity index (χ3n) is 4.50. The van der Waals surface area contributed by atoms with Gasteiger partial charge in [-0.25, -0.2) is 0 Å². The summed E-state index contributed by atoms with van der Waals surface area (Å²) in [5, 5.41) is 3.04. The number of unbranched alkanes of at least 4 members (excludes halogenated alkanes) is 1. The van der Waals surface area contributed by atoms with Crippen molar-refractivity contribution in [2.75, 3.05) is 46.3 Å². The van der Waals surface area contributed by atoms with E-state index in [2.05, 4.69) is 22.0 Å². The maximum absolute atomic E-state index is 11.4. The highest BCUT2D eigenvalue weighted by Crippen LogP contribution is 2.13. The fourth-order valence-corrected chi connectivity index (χ4v) is 2.74. The maximum Gasteiger partial charge on any atom is 0.237 e. The van der Waals surface area contributed by atoms with Crippen LogP contribution in [0.2, 0.25) is 0 Å². The summed E-state index contributed by atoms with van der Waals surface area (Å²) in [6, 6.07) is 0. The van der Waals surface area contributed by atoms with Crippen LogP contribution in [0.5, 0.6) is 0 Å². The van der Waals surface area contributed by atoms with Crippen LogP contribution in [0, 0.1) is 0 Å². The van der Waals surface area contributed by atoms with E-state index in [0.717, 1.165) is 25.8 Å². The fraction of sp³-hybridized carbons (Fsp3) is 0.933. The lowest BCUT2D eigenvalue weighted by Gasteiger charge is -2.34. The van der Waals surface area contributed by atoms with Gasteiger partial charge in [-0.1, -0.05) is 6.92 Å². The number of hydrogen-bond donors (Lipinski definition) is 2. The van der Waals surface area contributed by atoms with Crippen LogP contribution in [-0.2, 0) is 4.79 Å². The molecule has 118 valence electrons. The van der Waals surface area contributed by atoms with Gasteiger partial charge in [0.25, 0.3) is 0 Å². The van der Waals surface area contributed by atoms with Crippen molar-refractivity contribution in [3.8, 4) is 0 Å². The van der Waals surface area contributed by atoms with E-state index in [4.69, 9.17) is 5.73 Å². The van der Waals surface area contributed by atoms with E-state index in [0.29, 0.717) is 0 Å². The summed E-state index contributed by atoms with van der Waals surface area (Å²) >= 11 is 0. The van der Waals surface area contributed by atoms with E-state index in [1.54, 1.807) is 7.05 Å². The highest BCUT2D eigenvalue weighted by molar-refractivity contribution is 5.84. The molecular weight excluding hydrogens is 252 g/mol. The van der Waals surface area contributed by atoms with Crippen molar-refractivity contribution in [2.45, 2.75) is 45.1 Å². The zero-order valence-electron chi connectivity index (χ0n) is 13.5. The summed E-state index contributed by atoms with van der Waals surface area (Å²) < 4.78 is 0. The van der Waals surface area contributed by atoms with Gasteiger partial charge in [0.1, 0.15) is 0 Å².